The van der Waals surface area contributed by atoms with Gasteiger partial charge in [-0.1, -0.05) is 54.6 Å². The van der Waals surface area contributed by atoms with Crippen molar-refractivity contribution < 1.29 is 0 Å². The Bertz CT molecular complexity index is 1090. The summed E-state index contributed by atoms with van der Waals surface area (Å²) < 4.78 is 0. The topological polar surface area (TPSA) is 28.2 Å². The lowest BCUT2D eigenvalue weighted by molar-refractivity contribution is 0.242. The summed E-state index contributed by atoms with van der Waals surface area (Å²) in [7, 11) is 0. The summed E-state index contributed by atoms with van der Waals surface area (Å²) in [6.45, 7) is 4.30. The molecule has 28 heavy (non-hydrogen) atoms. The van der Waals surface area contributed by atoms with Gasteiger partial charge in [-0.05, 0) is 52.4 Å². The van der Waals surface area contributed by atoms with Crippen LogP contribution in [0.15, 0.2) is 79.1 Å². The summed E-state index contributed by atoms with van der Waals surface area (Å²) >= 11 is 0. The fourth-order valence-corrected chi connectivity index (χ4v) is 4.47. The van der Waals surface area contributed by atoms with Crippen LogP contribution in [0, 0.1) is 0 Å². The number of hydrogen-bond acceptors (Lipinski definition) is 3. The molecule has 1 aliphatic rings. The van der Waals surface area contributed by atoms with Gasteiger partial charge in [0.2, 0.25) is 0 Å². The van der Waals surface area contributed by atoms with Crippen molar-refractivity contribution in [3.8, 4) is 0 Å². The molecule has 0 amide bonds. The zero-order valence-corrected chi connectivity index (χ0v) is 16.0. The Balaban J connectivity index is 1.69. The molecule has 140 valence electrons. The van der Waals surface area contributed by atoms with Gasteiger partial charge in [-0.15, -0.1) is 0 Å². The molecule has 0 radical (unpaired) electrons. The van der Waals surface area contributed by atoms with E-state index in [1.807, 2.05) is 12.4 Å². The van der Waals surface area contributed by atoms with Crippen molar-refractivity contribution in [2.24, 2.45) is 0 Å². The highest BCUT2D eigenvalue weighted by atomic mass is 15.2. The molecule has 1 aromatic heterocycles. The average molecular weight is 367 g/mol. The van der Waals surface area contributed by atoms with Crippen molar-refractivity contribution >= 4 is 21.5 Å². The van der Waals surface area contributed by atoms with Crippen LogP contribution in [0.2, 0.25) is 0 Å². The predicted molar refractivity (Wildman–Crippen MR) is 117 cm³/mol. The molecule has 1 atom stereocenters. The van der Waals surface area contributed by atoms with Gasteiger partial charge >= 0.3 is 0 Å². The van der Waals surface area contributed by atoms with E-state index in [4.69, 9.17) is 0 Å². The molecule has 5 rings (SSSR count). The Morgan fingerprint density at radius 1 is 0.821 bits per heavy atom. The van der Waals surface area contributed by atoms with Crippen LogP contribution in [0.1, 0.15) is 23.6 Å². The third-order valence-corrected chi connectivity index (χ3v) is 5.84. The highest BCUT2D eigenvalue weighted by Gasteiger charge is 2.25. The molecule has 0 spiro atoms. The van der Waals surface area contributed by atoms with Crippen LogP contribution in [0.4, 0.5) is 0 Å². The Hall–Kier alpha value is -2.75. The number of nitrogens with zero attached hydrogens (tertiary/aromatic N) is 2. The van der Waals surface area contributed by atoms with Gasteiger partial charge in [0, 0.05) is 37.4 Å². The van der Waals surface area contributed by atoms with Crippen LogP contribution in [-0.4, -0.2) is 36.1 Å². The highest BCUT2D eigenvalue weighted by molar-refractivity contribution is 5.87. The highest BCUT2D eigenvalue weighted by Crippen LogP contribution is 2.35. The molecule has 3 heteroatoms. The Morgan fingerprint density at radius 2 is 1.75 bits per heavy atom. The minimum absolute atomic E-state index is 0.253. The lowest BCUT2D eigenvalue weighted by Gasteiger charge is -2.32. The second-order valence-electron chi connectivity index (χ2n) is 7.59. The lowest BCUT2D eigenvalue weighted by atomic mass is 9.91. The molecule has 1 unspecified atom stereocenters. The predicted octanol–water partition coefficient (Wildman–Crippen LogP) is 4.77. The third-order valence-electron chi connectivity index (χ3n) is 5.84. The van der Waals surface area contributed by atoms with Crippen molar-refractivity contribution in [3.05, 3.63) is 90.3 Å². The molecule has 2 heterocycles. The number of fused-ring (bicyclic) bond motifs is 2. The number of rotatable bonds is 3. The smallest absolute Gasteiger partial charge is 0.0608 e. The number of aromatic nitrogens is 1. The molecule has 1 fully saturated rings. The monoisotopic (exact) mass is 367 g/mol. The first-order chi connectivity index (χ1) is 13.9. The third kappa shape index (κ3) is 3.28. The van der Waals surface area contributed by atoms with Gasteiger partial charge in [-0.3, -0.25) is 9.88 Å². The van der Waals surface area contributed by atoms with E-state index in [1.54, 1.807) is 0 Å². The average Bonchev–Trinajstić information content (AvgIpc) is 3.03. The quantitative estimate of drug-likeness (QED) is 0.565. The van der Waals surface area contributed by atoms with Gasteiger partial charge in [0.05, 0.1) is 6.04 Å². The van der Waals surface area contributed by atoms with Gasteiger partial charge in [-0.2, -0.15) is 0 Å². The molecule has 1 aliphatic heterocycles. The second-order valence-corrected chi connectivity index (χ2v) is 7.59. The van der Waals surface area contributed by atoms with E-state index < -0.39 is 0 Å². The van der Waals surface area contributed by atoms with Gasteiger partial charge in [0.15, 0.2) is 0 Å². The van der Waals surface area contributed by atoms with Gasteiger partial charge in [0.1, 0.15) is 0 Å². The van der Waals surface area contributed by atoms with E-state index in [0.29, 0.717) is 0 Å². The fourth-order valence-electron chi connectivity index (χ4n) is 4.47. The Morgan fingerprint density at radius 3 is 2.75 bits per heavy atom. The van der Waals surface area contributed by atoms with Crippen molar-refractivity contribution in [2.45, 2.75) is 12.5 Å². The van der Waals surface area contributed by atoms with Crippen molar-refractivity contribution in [1.82, 2.24) is 15.2 Å². The zero-order valence-electron chi connectivity index (χ0n) is 16.0. The first-order valence-electron chi connectivity index (χ1n) is 10.2. The molecule has 3 nitrogen and oxygen atoms in total. The molecule has 1 saturated heterocycles. The molecule has 0 aliphatic carbocycles. The summed E-state index contributed by atoms with van der Waals surface area (Å²) in [6.07, 6.45) is 5.01. The van der Waals surface area contributed by atoms with E-state index in [9.17, 15) is 0 Å². The summed E-state index contributed by atoms with van der Waals surface area (Å²) in [6, 6.07) is 24.7. The second kappa shape index (κ2) is 7.70. The largest absolute Gasteiger partial charge is 0.315 e. The van der Waals surface area contributed by atoms with Crippen LogP contribution in [0.3, 0.4) is 0 Å². The van der Waals surface area contributed by atoms with Gasteiger partial charge in [-0.25, -0.2) is 0 Å². The first kappa shape index (κ1) is 17.4. The van der Waals surface area contributed by atoms with Crippen LogP contribution < -0.4 is 5.32 Å². The van der Waals surface area contributed by atoms with Crippen LogP contribution in [0.25, 0.3) is 21.5 Å². The number of pyridine rings is 1. The minimum atomic E-state index is 0.253. The zero-order chi connectivity index (χ0) is 18.8. The van der Waals surface area contributed by atoms with E-state index in [0.717, 1.165) is 26.2 Å². The fraction of sp³-hybridized carbons (Fsp3) is 0.240. The van der Waals surface area contributed by atoms with Crippen molar-refractivity contribution in [1.29, 1.82) is 0 Å². The molecule has 4 aromatic rings. The van der Waals surface area contributed by atoms with Crippen LogP contribution in [-0.2, 0) is 0 Å². The van der Waals surface area contributed by atoms with E-state index in [-0.39, 0.29) is 6.04 Å². The molecule has 0 saturated carbocycles. The summed E-state index contributed by atoms with van der Waals surface area (Å²) in [5, 5.41) is 8.66. The Kier molecular flexibility index (Phi) is 4.78. The van der Waals surface area contributed by atoms with Crippen LogP contribution in [0.5, 0.6) is 0 Å². The summed E-state index contributed by atoms with van der Waals surface area (Å²) in [4.78, 5) is 6.91. The molecule has 1 N–H and O–H groups in total. The molecular formula is C25H25N3. The van der Waals surface area contributed by atoms with E-state index in [2.05, 4.69) is 81.9 Å². The lowest BCUT2D eigenvalue weighted by Crippen LogP contribution is -2.33. The Labute approximate surface area is 166 Å². The maximum absolute atomic E-state index is 4.27. The number of benzene rings is 3. The minimum Gasteiger partial charge on any atom is -0.315 e. The standard InChI is InChI=1S/C25H25N3/c1-2-7-23-19(5-1)6-3-8-24(23)25(28-15-4-12-26-14-16-28)21-9-10-22-18-27-13-11-20(22)17-21/h1-3,5-11,13,17-18,25-26H,4,12,14-16H2. The normalized spacial score (nSPS) is 16.9. The maximum Gasteiger partial charge on any atom is 0.0608 e. The van der Waals surface area contributed by atoms with E-state index in [1.165, 1.54) is 39.1 Å². The number of nitrogens with one attached hydrogen (secondary N) is 1. The molecular weight excluding hydrogens is 342 g/mol. The van der Waals surface area contributed by atoms with Gasteiger partial charge < -0.3 is 5.32 Å². The summed E-state index contributed by atoms with van der Waals surface area (Å²) in [5.41, 5.74) is 2.75. The van der Waals surface area contributed by atoms with Crippen LogP contribution >= 0.6 is 0 Å². The molecule has 0 bridgehead atoms. The van der Waals surface area contributed by atoms with Crippen molar-refractivity contribution in [3.63, 3.8) is 0 Å². The maximum atomic E-state index is 4.27. The van der Waals surface area contributed by atoms with E-state index >= 15 is 0 Å². The van der Waals surface area contributed by atoms with Gasteiger partial charge in [0.25, 0.3) is 0 Å². The first-order valence-corrected chi connectivity index (χ1v) is 10.2. The SMILES string of the molecule is c1ccc2c(C(c3ccc4cnccc4c3)N3CCCNCC3)cccc2c1. The van der Waals surface area contributed by atoms with Crippen molar-refractivity contribution in [2.75, 3.05) is 26.2 Å². The summed E-state index contributed by atoms with van der Waals surface area (Å²) in [5.74, 6) is 0. The number of hydrogen-bond donors (Lipinski definition) is 1. The molecule has 3 aromatic carbocycles.